The number of halogens is 2. The number of ether oxygens (including phenoxy) is 3. The molecule has 0 saturated heterocycles. The first-order valence-electron chi connectivity index (χ1n) is 8.00. The summed E-state index contributed by atoms with van der Waals surface area (Å²) in [5.74, 6) is 0.223. The summed E-state index contributed by atoms with van der Waals surface area (Å²) in [7, 11) is 0. The van der Waals surface area contributed by atoms with Crippen LogP contribution in [0.2, 0.25) is 5.02 Å². The van der Waals surface area contributed by atoms with E-state index in [4.69, 9.17) is 30.2 Å². The predicted octanol–water partition coefficient (Wildman–Crippen LogP) is 4.34. The molecule has 0 N–H and O–H groups in total. The third-order valence-corrected chi connectivity index (χ3v) is 4.76. The van der Waals surface area contributed by atoms with Crippen LogP contribution in [0.3, 0.4) is 0 Å². The van der Waals surface area contributed by atoms with Crippen molar-refractivity contribution in [2.75, 3.05) is 13.2 Å². The first kappa shape index (κ1) is 17.9. The van der Waals surface area contributed by atoms with Gasteiger partial charge in [-0.05, 0) is 30.3 Å². The van der Waals surface area contributed by atoms with Gasteiger partial charge in [-0.2, -0.15) is 0 Å². The maximum absolute atomic E-state index is 12.4. The van der Waals surface area contributed by atoms with Crippen LogP contribution in [0.15, 0.2) is 50.1 Å². The number of rotatable bonds is 3. The Morgan fingerprint density at radius 3 is 2.81 bits per heavy atom. The van der Waals surface area contributed by atoms with E-state index in [1.165, 1.54) is 18.2 Å². The topological polar surface area (TPSA) is 75.0 Å². The minimum Gasteiger partial charge on any atom is -0.486 e. The number of carbonyl (C=O) groups is 1. The summed E-state index contributed by atoms with van der Waals surface area (Å²) in [6.45, 7) is 0.689. The zero-order valence-corrected chi connectivity index (χ0v) is 16.1. The molecule has 2 aromatic carbocycles. The highest BCUT2D eigenvalue weighted by Crippen LogP contribution is 2.38. The van der Waals surface area contributed by atoms with Crippen molar-refractivity contribution < 1.29 is 23.4 Å². The Labute approximate surface area is 166 Å². The van der Waals surface area contributed by atoms with E-state index in [1.807, 2.05) is 6.07 Å². The first-order valence-corrected chi connectivity index (χ1v) is 9.17. The molecule has 2 heterocycles. The van der Waals surface area contributed by atoms with Crippen LogP contribution in [0.4, 0.5) is 0 Å². The summed E-state index contributed by atoms with van der Waals surface area (Å²) < 4.78 is 22.2. The molecule has 27 heavy (non-hydrogen) atoms. The lowest BCUT2D eigenvalue weighted by molar-refractivity contribution is 0.0473. The molecule has 138 valence electrons. The average molecular weight is 452 g/mol. The summed E-state index contributed by atoms with van der Waals surface area (Å²) >= 11 is 9.48. The van der Waals surface area contributed by atoms with E-state index in [1.54, 1.807) is 12.1 Å². The van der Waals surface area contributed by atoms with Crippen LogP contribution in [0.5, 0.6) is 11.5 Å². The summed E-state index contributed by atoms with van der Waals surface area (Å²) in [4.78, 5) is 24.2. The molecule has 8 heteroatoms. The number of fused-ring (bicyclic) bond motifs is 2. The van der Waals surface area contributed by atoms with Gasteiger partial charge in [0.2, 0.25) is 0 Å². The van der Waals surface area contributed by atoms with Crippen molar-refractivity contribution >= 4 is 44.5 Å². The van der Waals surface area contributed by atoms with Crippen LogP contribution in [0.1, 0.15) is 15.9 Å². The Kier molecular flexibility index (Phi) is 4.80. The van der Waals surface area contributed by atoms with E-state index in [0.717, 1.165) is 4.47 Å². The normalized spacial score (nSPS) is 12.8. The fourth-order valence-corrected chi connectivity index (χ4v) is 3.38. The van der Waals surface area contributed by atoms with Gasteiger partial charge in [0.1, 0.15) is 25.4 Å². The molecule has 4 rings (SSSR count). The second kappa shape index (κ2) is 7.25. The van der Waals surface area contributed by atoms with Gasteiger partial charge >= 0.3 is 11.6 Å². The third-order valence-electron chi connectivity index (χ3n) is 3.98. The third kappa shape index (κ3) is 3.65. The Balaban J connectivity index is 1.59. The Morgan fingerprint density at radius 1 is 1.15 bits per heavy atom. The van der Waals surface area contributed by atoms with Gasteiger partial charge in [-0.15, -0.1) is 0 Å². The predicted molar refractivity (Wildman–Crippen MR) is 102 cm³/mol. The van der Waals surface area contributed by atoms with Crippen LogP contribution in [-0.2, 0) is 11.3 Å². The maximum atomic E-state index is 12.4. The highest BCUT2D eigenvalue weighted by Gasteiger charge is 2.20. The van der Waals surface area contributed by atoms with E-state index in [9.17, 15) is 9.59 Å². The van der Waals surface area contributed by atoms with Crippen molar-refractivity contribution in [3.63, 3.8) is 0 Å². The minimum atomic E-state index is -0.590. The van der Waals surface area contributed by atoms with Crippen molar-refractivity contribution in [1.29, 1.82) is 0 Å². The second-order valence-corrected chi connectivity index (χ2v) is 7.11. The molecule has 0 aliphatic carbocycles. The van der Waals surface area contributed by atoms with E-state index in [0.29, 0.717) is 41.2 Å². The zero-order chi connectivity index (χ0) is 19.0. The zero-order valence-electron chi connectivity index (χ0n) is 13.8. The summed E-state index contributed by atoms with van der Waals surface area (Å²) in [6, 6.07) is 9.58. The molecule has 1 aromatic heterocycles. The molecule has 1 aliphatic rings. The SMILES string of the molecule is O=C(OCc1cc(=O)oc2cc(Br)ccc12)c1cc(Cl)c2c(c1)OCCO2. The van der Waals surface area contributed by atoms with Crippen molar-refractivity contribution in [3.8, 4) is 11.5 Å². The summed E-state index contributed by atoms with van der Waals surface area (Å²) in [5, 5.41) is 0.959. The van der Waals surface area contributed by atoms with Crippen LogP contribution < -0.4 is 15.1 Å². The van der Waals surface area contributed by atoms with Crippen LogP contribution in [0.25, 0.3) is 11.0 Å². The molecular formula is C19H12BrClO6. The largest absolute Gasteiger partial charge is 0.486 e. The van der Waals surface area contributed by atoms with Gasteiger partial charge in [0.25, 0.3) is 0 Å². The Hall–Kier alpha value is -2.51. The van der Waals surface area contributed by atoms with Crippen molar-refractivity contribution in [2.24, 2.45) is 0 Å². The quantitative estimate of drug-likeness (QED) is 0.436. The van der Waals surface area contributed by atoms with E-state index in [2.05, 4.69) is 15.9 Å². The summed E-state index contributed by atoms with van der Waals surface area (Å²) in [6.07, 6.45) is 0. The number of esters is 1. The number of hydrogen-bond acceptors (Lipinski definition) is 6. The van der Waals surface area contributed by atoms with Crippen LogP contribution in [-0.4, -0.2) is 19.2 Å². The fourth-order valence-electron chi connectivity index (χ4n) is 2.78. The van der Waals surface area contributed by atoms with Gasteiger partial charge in [0, 0.05) is 21.5 Å². The average Bonchev–Trinajstić information content (AvgIpc) is 2.65. The molecule has 0 amide bonds. The van der Waals surface area contributed by atoms with Crippen molar-refractivity contribution in [3.05, 3.63) is 67.4 Å². The Bertz CT molecular complexity index is 1110. The molecule has 0 radical (unpaired) electrons. The van der Waals surface area contributed by atoms with E-state index in [-0.39, 0.29) is 17.2 Å². The standard InChI is InChI=1S/C19H12BrClO6/c20-12-1-2-13-11(7-17(22)27-15(13)8-12)9-26-19(23)10-5-14(21)18-16(6-10)24-3-4-25-18/h1-2,5-8H,3-4,9H2. The summed E-state index contributed by atoms with van der Waals surface area (Å²) in [5.41, 5.74) is 0.671. The van der Waals surface area contributed by atoms with Gasteiger partial charge < -0.3 is 18.6 Å². The lowest BCUT2D eigenvalue weighted by Crippen LogP contribution is -2.16. The number of hydrogen-bond donors (Lipinski definition) is 0. The molecule has 1 aliphatic heterocycles. The second-order valence-electron chi connectivity index (χ2n) is 5.79. The highest BCUT2D eigenvalue weighted by atomic mass is 79.9. The van der Waals surface area contributed by atoms with Gasteiger partial charge in [-0.3, -0.25) is 0 Å². The molecule has 0 bridgehead atoms. The number of carbonyl (C=O) groups excluding carboxylic acids is 1. The Morgan fingerprint density at radius 2 is 1.96 bits per heavy atom. The van der Waals surface area contributed by atoms with Gasteiger partial charge in [0.05, 0.1) is 10.6 Å². The molecule has 0 spiro atoms. The van der Waals surface area contributed by atoms with E-state index >= 15 is 0 Å². The van der Waals surface area contributed by atoms with Gasteiger partial charge in [0.15, 0.2) is 11.5 Å². The highest BCUT2D eigenvalue weighted by molar-refractivity contribution is 9.10. The maximum Gasteiger partial charge on any atom is 0.338 e. The minimum absolute atomic E-state index is 0.0887. The van der Waals surface area contributed by atoms with Crippen molar-refractivity contribution in [2.45, 2.75) is 6.61 Å². The van der Waals surface area contributed by atoms with Crippen LogP contribution in [0, 0.1) is 0 Å². The van der Waals surface area contributed by atoms with Gasteiger partial charge in [-0.1, -0.05) is 27.5 Å². The van der Waals surface area contributed by atoms with E-state index < -0.39 is 11.6 Å². The molecular weight excluding hydrogens is 440 g/mol. The lowest BCUT2D eigenvalue weighted by atomic mass is 10.1. The molecule has 0 saturated carbocycles. The number of benzene rings is 2. The lowest BCUT2D eigenvalue weighted by Gasteiger charge is -2.20. The smallest absolute Gasteiger partial charge is 0.338 e. The van der Waals surface area contributed by atoms with Gasteiger partial charge in [-0.25, -0.2) is 9.59 Å². The van der Waals surface area contributed by atoms with Crippen molar-refractivity contribution in [1.82, 2.24) is 0 Å². The monoisotopic (exact) mass is 450 g/mol. The molecule has 6 nitrogen and oxygen atoms in total. The molecule has 0 atom stereocenters. The fraction of sp³-hybridized carbons (Fsp3) is 0.158. The molecule has 0 unspecified atom stereocenters. The molecule has 3 aromatic rings. The van der Waals surface area contributed by atoms with Crippen LogP contribution >= 0.6 is 27.5 Å². The first-order chi connectivity index (χ1) is 13.0. The molecule has 0 fully saturated rings.